The summed E-state index contributed by atoms with van der Waals surface area (Å²) in [5.41, 5.74) is 0.668. The molecule has 2 rings (SSSR count). The zero-order valence-electron chi connectivity index (χ0n) is 10.7. The summed E-state index contributed by atoms with van der Waals surface area (Å²) in [4.78, 5) is 18.8. The highest BCUT2D eigenvalue weighted by Crippen LogP contribution is 2.23. The summed E-state index contributed by atoms with van der Waals surface area (Å²) in [6, 6.07) is 3.65. The molecule has 1 fully saturated rings. The predicted octanol–water partition coefficient (Wildman–Crippen LogP) is 0.944. The van der Waals surface area contributed by atoms with Crippen molar-refractivity contribution in [2.75, 3.05) is 37.6 Å². The van der Waals surface area contributed by atoms with Gasteiger partial charge in [-0.05, 0) is 6.92 Å². The molecule has 1 aliphatic rings. The Morgan fingerprint density at radius 3 is 2.74 bits per heavy atom. The molecule has 0 unspecified atom stereocenters. The van der Waals surface area contributed by atoms with E-state index < -0.39 is 0 Å². The van der Waals surface area contributed by atoms with E-state index in [1.165, 1.54) is 12.3 Å². The Morgan fingerprint density at radius 2 is 2.16 bits per heavy atom. The lowest BCUT2D eigenvalue weighted by atomic mass is 10.2. The lowest BCUT2D eigenvalue weighted by molar-refractivity contribution is -0.385. The molecule has 0 bridgehead atoms. The molecule has 0 aromatic carbocycles. The van der Waals surface area contributed by atoms with Crippen LogP contribution in [0.1, 0.15) is 5.56 Å². The summed E-state index contributed by atoms with van der Waals surface area (Å²) in [6.07, 6.45) is 1.54. The standard InChI is InChI=1S/C12H15N5O2/c1-10-9-14-12(8-11(10)17(18)19)16-6-4-15(3-2-13)5-7-16/h8-9H,3-7H2,1H3. The van der Waals surface area contributed by atoms with Crippen LogP contribution in [0.5, 0.6) is 0 Å². The van der Waals surface area contributed by atoms with Crippen LogP contribution < -0.4 is 4.90 Å². The second kappa shape index (κ2) is 5.63. The van der Waals surface area contributed by atoms with E-state index in [1.54, 1.807) is 6.92 Å². The third kappa shape index (κ3) is 2.98. The molecule has 1 aromatic heterocycles. The molecule has 0 radical (unpaired) electrons. The van der Waals surface area contributed by atoms with Gasteiger partial charge in [-0.15, -0.1) is 0 Å². The van der Waals surface area contributed by atoms with Crippen molar-refractivity contribution in [3.05, 3.63) is 27.9 Å². The Hall–Kier alpha value is -2.20. The van der Waals surface area contributed by atoms with Crippen LogP contribution in [0.15, 0.2) is 12.3 Å². The maximum Gasteiger partial charge on any atom is 0.277 e. The SMILES string of the molecule is Cc1cnc(N2CCN(CC#N)CC2)cc1[N+](=O)[O-]. The first-order chi connectivity index (χ1) is 9.11. The van der Waals surface area contributed by atoms with Crippen LogP contribution in [-0.2, 0) is 0 Å². The van der Waals surface area contributed by atoms with Crippen LogP contribution in [-0.4, -0.2) is 47.5 Å². The zero-order chi connectivity index (χ0) is 13.8. The minimum atomic E-state index is -0.382. The molecule has 0 atom stereocenters. The first-order valence-electron chi connectivity index (χ1n) is 6.07. The minimum absolute atomic E-state index is 0.101. The van der Waals surface area contributed by atoms with Crippen molar-refractivity contribution < 1.29 is 4.92 Å². The average molecular weight is 261 g/mol. The number of rotatable bonds is 3. The Bertz CT molecular complexity index is 517. The first kappa shape index (κ1) is 13.2. The van der Waals surface area contributed by atoms with Crippen molar-refractivity contribution in [2.24, 2.45) is 0 Å². The van der Waals surface area contributed by atoms with E-state index in [4.69, 9.17) is 5.26 Å². The minimum Gasteiger partial charge on any atom is -0.354 e. The van der Waals surface area contributed by atoms with Gasteiger partial charge in [0, 0.05) is 37.9 Å². The summed E-state index contributed by atoms with van der Waals surface area (Å²) in [7, 11) is 0. The second-order valence-electron chi connectivity index (χ2n) is 4.51. The number of nitriles is 1. The van der Waals surface area contributed by atoms with Gasteiger partial charge in [0.2, 0.25) is 0 Å². The van der Waals surface area contributed by atoms with Gasteiger partial charge in [0.15, 0.2) is 0 Å². The molecule has 1 aromatic rings. The predicted molar refractivity (Wildman–Crippen MR) is 69.9 cm³/mol. The summed E-state index contributed by atoms with van der Waals surface area (Å²) in [5.74, 6) is 0.633. The maximum atomic E-state index is 10.9. The molecule has 19 heavy (non-hydrogen) atoms. The third-order valence-corrected chi connectivity index (χ3v) is 3.25. The summed E-state index contributed by atoms with van der Waals surface area (Å²) in [5, 5.41) is 19.5. The van der Waals surface area contributed by atoms with E-state index in [0.717, 1.165) is 26.2 Å². The van der Waals surface area contributed by atoms with Gasteiger partial charge in [-0.25, -0.2) is 4.98 Å². The topological polar surface area (TPSA) is 86.3 Å². The van der Waals surface area contributed by atoms with Gasteiger partial charge in [0.05, 0.1) is 23.6 Å². The number of piperazine rings is 1. The van der Waals surface area contributed by atoms with Gasteiger partial charge in [0.1, 0.15) is 5.82 Å². The lowest BCUT2D eigenvalue weighted by Crippen LogP contribution is -2.46. The van der Waals surface area contributed by atoms with Crippen LogP contribution in [0.2, 0.25) is 0 Å². The number of aromatic nitrogens is 1. The normalized spacial score (nSPS) is 16.1. The van der Waals surface area contributed by atoms with Crippen LogP contribution in [0, 0.1) is 28.4 Å². The van der Waals surface area contributed by atoms with Crippen molar-refractivity contribution in [1.82, 2.24) is 9.88 Å². The van der Waals surface area contributed by atoms with Crippen molar-refractivity contribution in [3.63, 3.8) is 0 Å². The molecule has 1 saturated heterocycles. The molecule has 100 valence electrons. The molecule has 0 amide bonds. The van der Waals surface area contributed by atoms with Gasteiger partial charge >= 0.3 is 0 Å². The van der Waals surface area contributed by atoms with Gasteiger partial charge in [-0.2, -0.15) is 5.26 Å². The summed E-state index contributed by atoms with van der Waals surface area (Å²) in [6.45, 7) is 5.12. The molecular formula is C12H15N5O2. The van der Waals surface area contributed by atoms with Gasteiger partial charge < -0.3 is 4.90 Å². The third-order valence-electron chi connectivity index (χ3n) is 3.25. The maximum absolute atomic E-state index is 10.9. The number of pyridine rings is 1. The van der Waals surface area contributed by atoms with Crippen molar-refractivity contribution in [2.45, 2.75) is 6.92 Å². The van der Waals surface area contributed by atoms with Crippen LogP contribution >= 0.6 is 0 Å². The Labute approximate surface area is 111 Å². The molecule has 7 nitrogen and oxygen atoms in total. The smallest absolute Gasteiger partial charge is 0.277 e. The molecule has 0 aliphatic carbocycles. The summed E-state index contributed by atoms with van der Waals surface area (Å²) < 4.78 is 0. The fourth-order valence-electron chi connectivity index (χ4n) is 2.11. The number of hydrogen-bond donors (Lipinski definition) is 0. The summed E-state index contributed by atoms with van der Waals surface area (Å²) >= 11 is 0. The Morgan fingerprint density at radius 1 is 1.47 bits per heavy atom. The van der Waals surface area contributed by atoms with Crippen LogP contribution in [0.3, 0.4) is 0 Å². The largest absolute Gasteiger partial charge is 0.354 e. The second-order valence-corrected chi connectivity index (χ2v) is 4.51. The van der Waals surface area contributed by atoms with Gasteiger partial charge in [-0.3, -0.25) is 15.0 Å². The van der Waals surface area contributed by atoms with Gasteiger partial charge in [0.25, 0.3) is 5.69 Å². The number of nitro groups is 1. The highest BCUT2D eigenvalue weighted by molar-refractivity contribution is 5.50. The molecule has 2 heterocycles. The molecule has 0 spiro atoms. The zero-order valence-corrected chi connectivity index (χ0v) is 10.7. The molecule has 0 saturated carbocycles. The van der Waals surface area contributed by atoms with E-state index in [1.807, 2.05) is 4.90 Å². The molecule has 7 heteroatoms. The number of hydrogen-bond acceptors (Lipinski definition) is 6. The number of anilines is 1. The molecular weight excluding hydrogens is 246 g/mol. The lowest BCUT2D eigenvalue weighted by Gasteiger charge is -2.34. The monoisotopic (exact) mass is 261 g/mol. The molecule has 0 N–H and O–H groups in total. The number of nitrogens with zero attached hydrogens (tertiary/aromatic N) is 5. The average Bonchev–Trinajstić information content (AvgIpc) is 2.40. The van der Waals surface area contributed by atoms with E-state index >= 15 is 0 Å². The number of aryl methyl sites for hydroxylation is 1. The quantitative estimate of drug-likeness (QED) is 0.457. The van der Waals surface area contributed by atoms with Crippen molar-refractivity contribution >= 4 is 11.5 Å². The van der Waals surface area contributed by atoms with Crippen LogP contribution in [0.25, 0.3) is 0 Å². The van der Waals surface area contributed by atoms with E-state index in [9.17, 15) is 10.1 Å². The molecule has 1 aliphatic heterocycles. The van der Waals surface area contributed by atoms with E-state index in [-0.39, 0.29) is 10.6 Å². The van der Waals surface area contributed by atoms with Gasteiger partial charge in [-0.1, -0.05) is 0 Å². The van der Waals surface area contributed by atoms with E-state index in [0.29, 0.717) is 17.9 Å². The van der Waals surface area contributed by atoms with Crippen LogP contribution in [0.4, 0.5) is 11.5 Å². The van der Waals surface area contributed by atoms with E-state index in [2.05, 4.69) is 16.0 Å². The highest BCUT2D eigenvalue weighted by atomic mass is 16.6. The van der Waals surface area contributed by atoms with Crippen molar-refractivity contribution in [1.29, 1.82) is 5.26 Å². The fraction of sp³-hybridized carbons (Fsp3) is 0.500. The highest BCUT2D eigenvalue weighted by Gasteiger charge is 2.20. The Kier molecular flexibility index (Phi) is 3.92. The Balaban J connectivity index is 2.10. The first-order valence-corrected chi connectivity index (χ1v) is 6.07. The van der Waals surface area contributed by atoms with Crippen molar-refractivity contribution in [3.8, 4) is 6.07 Å². The fourth-order valence-corrected chi connectivity index (χ4v) is 2.11.